The molecule has 0 unspecified atom stereocenters. The number of carbonyl (C=O) groups excluding carboxylic acids is 2. The molecule has 0 radical (unpaired) electrons. The minimum Gasteiger partial charge on any atom is -0.445 e. The van der Waals surface area contributed by atoms with Crippen LogP contribution in [-0.4, -0.2) is 47.0 Å². The predicted octanol–water partition coefficient (Wildman–Crippen LogP) is 5.39. The molecule has 3 aromatic rings. The highest BCUT2D eigenvalue weighted by Crippen LogP contribution is 2.46. The number of likely N-dealkylation sites (tertiary alicyclic amines) is 1. The number of benzene rings is 3. The van der Waals surface area contributed by atoms with E-state index in [2.05, 4.69) is 58.7 Å². The van der Waals surface area contributed by atoms with E-state index in [1.165, 1.54) is 11.1 Å². The van der Waals surface area contributed by atoms with Gasteiger partial charge < -0.3 is 15.0 Å². The Kier molecular flexibility index (Phi) is 8.39. The van der Waals surface area contributed by atoms with E-state index >= 15 is 0 Å². The third kappa shape index (κ3) is 6.62. The monoisotopic (exact) mass is 511 g/mol. The van der Waals surface area contributed by atoms with E-state index in [1.807, 2.05) is 47.4 Å². The largest absolute Gasteiger partial charge is 0.445 e. The molecule has 2 aliphatic rings. The molecule has 1 aliphatic carbocycles. The molecule has 6 nitrogen and oxygen atoms in total. The summed E-state index contributed by atoms with van der Waals surface area (Å²) >= 11 is 0. The van der Waals surface area contributed by atoms with Crippen molar-refractivity contribution in [3.63, 3.8) is 0 Å². The summed E-state index contributed by atoms with van der Waals surface area (Å²) in [6, 6.07) is 30.4. The van der Waals surface area contributed by atoms with Crippen LogP contribution in [0.1, 0.15) is 42.4 Å². The Labute approximate surface area is 225 Å². The molecule has 1 aliphatic heterocycles. The van der Waals surface area contributed by atoms with E-state index in [0.29, 0.717) is 13.0 Å². The number of hydrogen-bond donors (Lipinski definition) is 1. The van der Waals surface area contributed by atoms with Gasteiger partial charge in [-0.1, -0.05) is 91.0 Å². The maximum absolute atomic E-state index is 13.8. The highest BCUT2D eigenvalue weighted by Gasteiger charge is 2.62. The molecule has 2 atom stereocenters. The molecule has 3 aromatic carbocycles. The maximum Gasteiger partial charge on any atom is 0.408 e. The van der Waals surface area contributed by atoms with Crippen molar-refractivity contribution in [2.75, 3.05) is 19.6 Å². The maximum atomic E-state index is 13.8. The van der Waals surface area contributed by atoms with Crippen molar-refractivity contribution in [1.82, 2.24) is 15.1 Å². The Morgan fingerprint density at radius 3 is 1.87 bits per heavy atom. The smallest absolute Gasteiger partial charge is 0.408 e. The molecule has 2 fully saturated rings. The summed E-state index contributed by atoms with van der Waals surface area (Å²) in [6.07, 6.45) is 3.27. The van der Waals surface area contributed by atoms with E-state index < -0.39 is 11.6 Å². The van der Waals surface area contributed by atoms with Gasteiger partial charge >= 0.3 is 6.09 Å². The first-order chi connectivity index (χ1) is 18.6. The number of carbonyl (C=O) groups is 2. The van der Waals surface area contributed by atoms with Crippen LogP contribution in [0.25, 0.3) is 0 Å². The number of nitrogens with one attached hydrogen (secondary N) is 1. The second-order valence-electron chi connectivity index (χ2n) is 10.6. The van der Waals surface area contributed by atoms with Crippen molar-refractivity contribution in [1.29, 1.82) is 0 Å². The van der Waals surface area contributed by atoms with Gasteiger partial charge in [0.25, 0.3) is 0 Å². The van der Waals surface area contributed by atoms with Crippen LogP contribution < -0.4 is 5.32 Å². The zero-order valence-electron chi connectivity index (χ0n) is 21.9. The van der Waals surface area contributed by atoms with Crippen LogP contribution in [-0.2, 0) is 29.2 Å². The van der Waals surface area contributed by atoms with Gasteiger partial charge in [0.05, 0.1) is 0 Å². The number of nitrogens with zero attached hydrogens (tertiary/aromatic N) is 2. The van der Waals surface area contributed by atoms with E-state index in [1.54, 1.807) is 0 Å². The fourth-order valence-corrected chi connectivity index (χ4v) is 5.52. The highest BCUT2D eigenvalue weighted by molar-refractivity contribution is 5.93. The molecule has 1 saturated carbocycles. The summed E-state index contributed by atoms with van der Waals surface area (Å²) in [5.41, 5.74) is 2.47. The number of piperidine rings is 1. The first-order valence-corrected chi connectivity index (χ1v) is 13.7. The number of amides is 2. The summed E-state index contributed by atoms with van der Waals surface area (Å²) in [7, 11) is 0. The van der Waals surface area contributed by atoms with Crippen LogP contribution in [0.4, 0.5) is 4.79 Å². The summed E-state index contributed by atoms with van der Waals surface area (Å²) in [5, 5.41) is 3.04. The molecule has 1 N–H and O–H groups in total. The van der Waals surface area contributed by atoms with Crippen LogP contribution >= 0.6 is 0 Å². The molecule has 1 heterocycles. The topological polar surface area (TPSA) is 61.9 Å². The minimum atomic E-state index is -0.906. The molecule has 198 valence electrons. The van der Waals surface area contributed by atoms with Gasteiger partial charge in [0.1, 0.15) is 12.1 Å². The van der Waals surface area contributed by atoms with Gasteiger partial charge in [-0.05, 0) is 42.4 Å². The molecule has 2 amide bonds. The summed E-state index contributed by atoms with van der Waals surface area (Å²) < 4.78 is 5.55. The average molecular weight is 512 g/mol. The van der Waals surface area contributed by atoms with Gasteiger partial charge in [0.15, 0.2) is 0 Å². The SMILES string of the molecule is O=C(N[C@@]1(C(=O)N2CCCCC2)C[C@H]1CN(Cc1ccccc1)Cc1ccccc1)OCc1ccccc1. The van der Waals surface area contributed by atoms with Crippen molar-refractivity contribution in [3.8, 4) is 0 Å². The number of alkyl carbamates (subject to hydrolysis) is 1. The van der Waals surface area contributed by atoms with Gasteiger partial charge in [-0.3, -0.25) is 9.69 Å². The fraction of sp³-hybridized carbons (Fsp3) is 0.375. The van der Waals surface area contributed by atoms with Gasteiger partial charge in [0.2, 0.25) is 5.91 Å². The lowest BCUT2D eigenvalue weighted by atomic mass is 10.1. The normalized spacial score (nSPS) is 20.7. The molecular formula is C32H37N3O3. The Bertz CT molecular complexity index is 1140. The van der Waals surface area contributed by atoms with Crippen molar-refractivity contribution in [2.24, 2.45) is 5.92 Å². The third-order valence-electron chi connectivity index (χ3n) is 7.64. The Balaban J connectivity index is 1.31. The van der Waals surface area contributed by atoms with Gasteiger partial charge in [-0.2, -0.15) is 0 Å². The first-order valence-electron chi connectivity index (χ1n) is 13.7. The summed E-state index contributed by atoms with van der Waals surface area (Å²) in [5.74, 6) is 0.0619. The molecule has 5 rings (SSSR count). The van der Waals surface area contributed by atoms with Gasteiger partial charge in [-0.25, -0.2) is 4.79 Å². The molecule has 6 heteroatoms. The molecular weight excluding hydrogens is 474 g/mol. The van der Waals surface area contributed by atoms with E-state index in [9.17, 15) is 9.59 Å². The lowest BCUT2D eigenvalue weighted by Gasteiger charge is -2.32. The molecule has 1 saturated heterocycles. The fourth-order valence-electron chi connectivity index (χ4n) is 5.52. The third-order valence-corrected chi connectivity index (χ3v) is 7.64. The van der Waals surface area contributed by atoms with Crippen molar-refractivity contribution < 1.29 is 14.3 Å². The van der Waals surface area contributed by atoms with Crippen LogP contribution in [0.2, 0.25) is 0 Å². The second kappa shape index (κ2) is 12.3. The molecule has 0 aromatic heterocycles. The van der Waals surface area contributed by atoms with Crippen molar-refractivity contribution in [3.05, 3.63) is 108 Å². The lowest BCUT2D eigenvalue weighted by Crippen LogP contribution is -2.54. The Morgan fingerprint density at radius 2 is 1.32 bits per heavy atom. The lowest BCUT2D eigenvalue weighted by molar-refractivity contribution is -0.136. The zero-order chi connectivity index (χ0) is 26.2. The summed E-state index contributed by atoms with van der Waals surface area (Å²) in [6.45, 7) is 3.96. The first kappa shape index (κ1) is 26.0. The van der Waals surface area contributed by atoms with Crippen LogP contribution in [0.5, 0.6) is 0 Å². The Morgan fingerprint density at radius 1 is 0.789 bits per heavy atom. The number of hydrogen-bond acceptors (Lipinski definition) is 4. The highest BCUT2D eigenvalue weighted by atomic mass is 16.5. The van der Waals surface area contributed by atoms with Crippen LogP contribution in [0.3, 0.4) is 0 Å². The van der Waals surface area contributed by atoms with Crippen molar-refractivity contribution in [2.45, 2.75) is 50.9 Å². The van der Waals surface area contributed by atoms with Crippen LogP contribution in [0, 0.1) is 5.92 Å². The van der Waals surface area contributed by atoms with E-state index in [0.717, 1.165) is 51.0 Å². The van der Waals surface area contributed by atoms with E-state index in [4.69, 9.17) is 4.74 Å². The van der Waals surface area contributed by atoms with E-state index in [-0.39, 0.29) is 18.4 Å². The standard InChI is InChI=1S/C32H37N3O3/c36-30(35-19-11-4-12-20-35)32(33-31(37)38-25-28-17-9-3-10-18-28)21-29(32)24-34(22-26-13-5-1-6-14-26)23-27-15-7-2-8-16-27/h1-3,5-10,13-18,29H,4,11-12,19-25H2,(H,33,37)/t29-,32-/m0/s1. The average Bonchev–Trinajstić information content (AvgIpc) is 3.65. The molecule has 38 heavy (non-hydrogen) atoms. The number of rotatable bonds is 10. The minimum absolute atomic E-state index is 0.0219. The Hall–Kier alpha value is -3.64. The second-order valence-corrected chi connectivity index (χ2v) is 10.6. The number of ether oxygens (including phenoxy) is 1. The van der Waals surface area contributed by atoms with Crippen LogP contribution in [0.15, 0.2) is 91.0 Å². The quantitative estimate of drug-likeness (QED) is 0.397. The molecule has 0 spiro atoms. The van der Waals surface area contributed by atoms with Gasteiger partial charge in [-0.15, -0.1) is 0 Å². The summed E-state index contributed by atoms with van der Waals surface area (Å²) in [4.78, 5) is 31.1. The molecule has 0 bridgehead atoms. The van der Waals surface area contributed by atoms with Gasteiger partial charge in [0, 0.05) is 38.6 Å². The van der Waals surface area contributed by atoms with Crippen molar-refractivity contribution >= 4 is 12.0 Å². The predicted molar refractivity (Wildman–Crippen MR) is 148 cm³/mol. The zero-order valence-corrected chi connectivity index (χ0v) is 21.9.